The summed E-state index contributed by atoms with van der Waals surface area (Å²) in [6.45, 7) is 0. The summed E-state index contributed by atoms with van der Waals surface area (Å²) in [6.07, 6.45) is -0.934. The van der Waals surface area contributed by atoms with Gasteiger partial charge in [-0.2, -0.15) is 0 Å². The molecule has 1 fully saturated rings. The molecule has 98 valence electrons. The molecule has 0 saturated heterocycles. The van der Waals surface area contributed by atoms with E-state index in [0.29, 0.717) is 5.56 Å². The quantitative estimate of drug-likeness (QED) is 0.792. The van der Waals surface area contributed by atoms with Crippen molar-refractivity contribution >= 4 is 5.97 Å². The van der Waals surface area contributed by atoms with E-state index in [9.17, 15) is 18.7 Å². The number of esters is 1. The Morgan fingerprint density at radius 2 is 2.06 bits per heavy atom. The first kappa shape index (κ1) is 12.8. The third-order valence-electron chi connectivity index (χ3n) is 3.12. The summed E-state index contributed by atoms with van der Waals surface area (Å²) >= 11 is 0. The molecule has 0 amide bonds. The maximum Gasteiger partial charge on any atom is 0.341 e. The third-order valence-corrected chi connectivity index (χ3v) is 3.12. The summed E-state index contributed by atoms with van der Waals surface area (Å²) in [5.41, 5.74) is 5.01. The fourth-order valence-corrected chi connectivity index (χ4v) is 2.19. The Morgan fingerprint density at radius 3 is 2.56 bits per heavy atom. The number of alkyl halides is 2. The zero-order chi connectivity index (χ0) is 13.6. The minimum atomic E-state index is -2.77. The lowest BCUT2D eigenvalue weighted by atomic mass is 9.69. The van der Waals surface area contributed by atoms with Crippen LogP contribution in [0.2, 0.25) is 0 Å². The van der Waals surface area contributed by atoms with Crippen LogP contribution in [0.25, 0.3) is 0 Å². The molecule has 0 radical (unpaired) electrons. The maximum atomic E-state index is 12.9. The van der Waals surface area contributed by atoms with Gasteiger partial charge in [-0.25, -0.2) is 13.6 Å². The van der Waals surface area contributed by atoms with Gasteiger partial charge in [-0.3, -0.25) is 0 Å². The van der Waals surface area contributed by atoms with E-state index >= 15 is 0 Å². The van der Waals surface area contributed by atoms with Gasteiger partial charge in [0.2, 0.25) is 0 Å². The number of carbonyl (C=O) groups is 1. The Bertz CT molecular complexity index is 494. The Hall–Kier alpha value is -1.69. The Labute approximate surface area is 102 Å². The van der Waals surface area contributed by atoms with Gasteiger partial charge in [0, 0.05) is 12.8 Å². The van der Waals surface area contributed by atoms with Crippen molar-refractivity contribution in [2.75, 3.05) is 7.11 Å². The van der Waals surface area contributed by atoms with E-state index in [1.54, 1.807) is 0 Å². The largest absolute Gasteiger partial charge is 0.507 e. The molecule has 2 rings (SSSR count). The molecule has 0 aliphatic heterocycles. The highest BCUT2D eigenvalue weighted by molar-refractivity contribution is 5.92. The second kappa shape index (κ2) is 3.91. The summed E-state index contributed by atoms with van der Waals surface area (Å²) in [5, 5.41) is 9.51. The highest BCUT2D eigenvalue weighted by Gasteiger charge is 2.55. The van der Waals surface area contributed by atoms with Gasteiger partial charge in [0.1, 0.15) is 11.3 Å². The number of nitrogens with two attached hydrogens (primary N) is 1. The van der Waals surface area contributed by atoms with Crippen LogP contribution < -0.4 is 5.73 Å². The second-order valence-electron chi connectivity index (χ2n) is 4.59. The van der Waals surface area contributed by atoms with E-state index in [1.807, 2.05) is 0 Å². The molecule has 3 N–H and O–H groups in total. The van der Waals surface area contributed by atoms with E-state index in [0.717, 1.165) is 0 Å². The van der Waals surface area contributed by atoms with Crippen molar-refractivity contribution < 1.29 is 23.4 Å². The monoisotopic (exact) mass is 257 g/mol. The molecule has 1 aliphatic rings. The second-order valence-corrected chi connectivity index (χ2v) is 4.59. The number of methoxy groups -OCH3 is 1. The number of carbonyl (C=O) groups excluding carboxylic acids is 1. The maximum absolute atomic E-state index is 12.9. The molecule has 1 aromatic carbocycles. The van der Waals surface area contributed by atoms with Gasteiger partial charge in [0.15, 0.2) is 0 Å². The first-order valence-corrected chi connectivity index (χ1v) is 5.36. The Balaban J connectivity index is 2.34. The van der Waals surface area contributed by atoms with Crippen molar-refractivity contribution in [1.29, 1.82) is 0 Å². The normalized spacial score (nSPS) is 20.0. The number of phenols is 1. The van der Waals surface area contributed by atoms with Crippen LogP contribution in [0.4, 0.5) is 8.78 Å². The van der Waals surface area contributed by atoms with E-state index in [-0.39, 0.29) is 11.3 Å². The molecule has 0 unspecified atom stereocenters. The summed E-state index contributed by atoms with van der Waals surface area (Å²) in [6, 6.07) is 4.00. The molecule has 4 nitrogen and oxygen atoms in total. The summed E-state index contributed by atoms with van der Waals surface area (Å²) < 4.78 is 30.3. The Morgan fingerprint density at radius 1 is 1.44 bits per heavy atom. The number of hydrogen-bond acceptors (Lipinski definition) is 4. The summed E-state index contributed by atoms with van der Waals surface area (Å²) in [4.78, 5) is 11.4. The lowest BCUT2D eigenvalue weighted by Crippen LogP contribution is -2.55. The zero-order valence-corrected chi connectivity index (χ0v) is 9.74. The van der Waals surface area contributed by atoms with Crippen LogP contribution in [-0.2, 0) is 10.3 Å². The van der Waals surface area contributed by atoms with Crippen LogP contribution in [0.3, 0.4) is 0 Å². The van der Waals surface area contributed by atoms with Crippen LogP contribution in [0.5, 0.6) is 5.75 Å². The predicted molar refractivity (Wildman–Crippen MR) is 59.5 cm³/mol. The molecule has 0 aromatic heterocycles. The van der Waals surface area contributed by atoms with E-state index in [4.69, 9.17) is 5.73 Å². The van der Waals surface area contributed by atoms with Crippen LogP contribution in [0.1, 0.15) is 28.8 Å². The van der Waals surface area contributed by atoms with Crippen LogP contribution in [0.15, 0.2) is 18.2 Å². The van der Waals surface area contributed by atoms with E-state index in [1.165, 1.54) is 25.3 Å². The first-order valence-electron chi connectivity index (χ1n) is 5.36. The number of ether oxygens (including phenoxy) is 1. The smallest absolute Gasteiger partial charge is 0.341 e. The topological polar surface area (TPSA) is 72.5 Å². The molecule has 1 aromatic rings. The van der Waals surface area contributed by atoms with Gasteiger partial charge >= 0.3 is 5.97 Å². The number of halogens is 2. The molecule has 0 spiro atoms. The van der Waals surface area contributed by atoms with E-state index < -0.39 is 30.3 Å². The average Bonchev–Trinajstić information content (AvgIpc) is 2.25. The predicted octanol–water partition coefficient (Wildman–Crippen LogP) is 1.76. The minimum Gasteiger partial charge on any atom is -0.507 e. The van der Waals surface area contributed by atoms with Gasteiger partial charge in [-0.15, -0.1) is 0 Å². The van der Waals surface area contributed by atoms with Gasteiger partial charge < -0.3 is 15.6 Å². The molecule has 0 heterocycles. The number of rotatable bonds is 2. The van der Waals surface area contributed by atoms with Gasteiger partial charge in [0.05, 0.1) is 12.6 Å². The molecule has 0 bridgehead atoms. The van der Waals surface area contributed by atoms with E-state index in [2.05, 4.69) is 4.74 Å². The molecule has 0 atom stereocenters. The van der Waals surface area contributed by atoms with Crippen molar-refractivity contribution in [3.05, 3.63) is 29.3 Å². The number of benzene rings is 1. The molecule has 1 aliphatic carbocycles. The standard InChI is InChI=1S/C12H13F2NO3/c1-18-10(17)8-4-7(2-3-9(8)16)11(15)5-12(13,14)6-11/h2-4,16H,5-6,15H2,1H3. The van der Waals surface area contributed by atoms with Crippen molar-refractivity contribution in [3.63, 3.8) is 0 Å². The lowest BCUT2D eigenvalue weighted by Gasteiger charge is -2.45. The average molecular weight is 257 g/mol. The molecule has 1 saturated carbocycles. The molecular weight excluding hydrogens is 244 g/mol. The van der Waals surface area contributed by atoms with Gasteiger partial charge in [0.25, 0.3) is 5.92 Å². The number of phenolic OH excluding ortho intramolecular Hbond substituents is 1. The first-order chi connectivity index (χ1) is 8.27. The molecular formula is C12H13F2NO3. The fourth-order valence-electron chi connectivity index (χ4n) is 2.19. The number of aromatic hydroxyl groups is 1. The molecule has 18 heavy (non-hydrogen) atoms. The SMILES string of the molecule is COC(=O)c1cc(C2(N)CC(F)(F)C2)ccc1O. The van der Waals surface area contributed by atoms with Crippen LogP contribution >= 0.6 is 0 Å². The zero-order valence-electron chi connectivity index (χ0n) is 9.74. The Kier molecular flexibility index (Phi) is 2.77. The van der Waals surface area contributed by atoms with Crippen molar-refractivity contribution in [3.8, 4) is 5.75 Å². The fraction of sp³-hybridized carbons (Fsp3) is 0.417. The summed E-state index contributed by atoms with van der Waals surface area (Å²) in [7, 11) is 1.17. The van der Waals surface area contributed by atoms with Gasteiger partial charge in [-0.05, 0) is 17.7 Å². The molecule has 6 heteroatoms. The van der Waals surface area contributed by atoms with Crippen LogP contribution in [0, 0.1) is 0 Å². The third kappa shape index (κ3) is 2.03. The van der Waals surface area contributed by atoms with Crippen molar-refractivity contribution in [2.45, 2.75) is 24.3 Å². The summed E-state index contributed by atoms with van der Waals surface area (Å²) in [5.74, 6) is -3.76. The highest BCUT2D eigenvalue weighted by Crippen LogP contribution is 2.50. The minimum absolute atomic E-state index is 0.0740. The highest BCUT2D eigenvalue weighted by atomic mass is 19.3. The van der Waals surface area contributed by atoms with Gasteiger partial charge in [-0.1, -0.05) is 6.07 Å². The lowest BCUT2D eigenvalue weighted by molar-refractivity contribution is -0.125. The number of hydrogen-bond donors (Lipinski definition) is 2. The van der Waals surface area contributed by atoms with Crippen LogP contribution in [-0.4, -0.2) is 24.1 Å². The van der Waals surface area contributed by atoms with Crippen molar-refractivity contribution in [1.82, 2.24) is 0 Å². The van der Waals surface area contributed by atoms with Crippen molar-refractivity contribution in [2.24, 2.45) is 5.73 Å².